The molecule has 0 saturated carbocycles. The minimum Gasteiger partial charge on any atom is -0.392 e. The molecule has 2 rings (SSSR count). The number of imide groups is 1. The average molecular weight is 517 g/mol. The Morgan fingerprint density at radius 3 is 2.14 bits per heavy atom. The van der Waals surface area contributed by atoms with E-state index in [1.54, 1.807) is 38.1 Å². The molecule has 7 N–H and O–H groups in total. The van der Waals surface area contributed by atoms with Crippen molar-refractivity contribution < 1.29 is 33.9 Å². The number of primary amides is 1. The van der Waals surface area contributed by atoms with Gasteiger partial charge in [-0.15, -0.1) is 0 Å². The van der Waals surface area contributed by atoms with Crippen LogP contribution in [-0.4, -0.2) is 70.7 Å². The molecule has 2 atom stereocenters. The van der Waals surface area contributed by atoms with Gasteiger partial charge in [0.15, 0.2) is 0 Å². The zero-order valence-electron chi connectivity index (χ0n) is 20.7. The van der Waals surface area contributed by atoms with Crippen molar-refractivity contribution in [1.82, 2.24) is 20.9 Å². The van der Waals surface area contributed by atoms with Gasteiger partial charge in [0.05, 0.1) is 6.61 Å². The minimum atomic E-state index is -1.06. The minimum absolute atomic E-state index is 0.147. The first kappa shape index (κ1) is 29.0. The summed E-state index contributed by atoms with van der Waals surface area (Å²) < 4.78 is 0. The maximum absolute atomic E-state index is 13.1. The van der Waals surface area contributed by atoms with Gasteiger partial charge in [-0.25, -0.2) is 4.79 Å². The third-order valence-corrected chi connectivity index (χ3v) is 5.47. The Kier molecular flexibility index (Phi) is 10.8. The highest BCUT2D eigenvalue weighted by molar-refractivity contribution is 6.14. The van der Waals surface area contributed by atoms with Gasteiger partial charge in [-0.3, -0.25) is 28.9 Å². The van der Waals surface area contributed by atoms with Gasteiger partial charge in [-0.05, 0) is 36.5 Å². The molecule has 0 fully saturated rings. The van der Waals surface area contributed by atoms with E-state index in [1.165, 1.54) is 0 Å². The second-order valence-electron chi connectivity index (χ2n) is 8.72. The van der Waals surface area contributed by atoms with Crippen molar-refractivity contribution in [1.29, 1.82) is 0 Å². The van der Waals surface area contributed by atoms with Gasteiger partial charge in [0.25, 0.3) is 11.8 Å². The number of amides is 7. The third-order valence-electron chi connectivity index (χ3n) is 5.47. The monoisotopic (exact) mass is 516 g/mol. The van der Waals surface area contributed by atoms with Gasteiger partial charge in [-0.2, -0.15) is 0 Å². The van der Waals surface area contributed by atoms with Gasteiger partial charge in [0.1, 0.15) is 18.6 Å². The first-order valence-corrected chi connectivity index (χ1v) is 11.7. The largest absolute Gasteiger partial charge is 0.392 e. The van der Waals surface area contributed by atoms with E-state index < -0.39 is 60.1 Å². The first-order chi connectivity index (χ1) is 17.5. The number of benzene rings is 1. The van der Waals surface area contributed by atoms with Crippen molar-refractivity contribution in [2.45, 2.75) is 45.4 Å². The Balaban J connectivity index is 2.08. The lowest BCUT2D eigenvalue weighted by molar-refractivity contribution is -0.141. The topological polar surface area (TPSA) is 200 Å². The van der Waals surface area contributed by atoms with Crippen LogP contribution < -0.4 is 27.0 Å². The van der Waals surface area contributed by atoms with Crippen LogP contribution in [0, 0.1) is 5.92 Å². The molecule has 0 aliphatic carbocycles. The molecule has 0 bridgehead atoms. The van der Waals surface area contributed by atoms with Gasteiger partial charge in [0.2, 0.25) is 17.7 Å². The highest BCUT2D eigenvalue weighted by Crippen LogP contribution is 2.12. The fourth-order valence-electron chi connectivity index (χ4n) is 3.46. The number of aliphatic hydroxyl groups is 1. The van der Waals surface area contributed by atoms with Gasteiger partial charge in [-0.1, -0.05) is 26.0 Å². The molecule has 1 heterocycles. The molecule has 0 aromatic heterocycles. The number of hydrogen-bond acceptors (Lipinski definition) is 7. The van der Waals surface area contributed by atoms with Crippen LogP contribution in [0.2, 0.25) is 0 Å². The lowest BCUT2D eigenvalue weighted by Crippen LogP contribution is -2.56. The van der Waals surface area contributed by atoms with Crippen LogP contribution in [0.25, 0.3) is 0 Å². The molecule has 200 valence electrons. The van der Waals surface area contributed by atoms with E-state index in [1.807, 2.05) is 0 Å². The molecule has 0 saturated heterocycles. The van der Waals surface area contributed by atoms with E-state index in [-0.39, 0.29) is 19.6 Å². The molecule has 0 unspecified atom stereocenters. The Morgan fingerprint density at radius 1 is 0.973 bits per heavy atom. The summed E-state index contributed by atoms with van der Waals surface area (Å²) in [5.41, 5.74) is 6.16. The second-order valence-corrected chi connectivity index (χ2v) is 8.72. The zero-order chi connectivity index (χ0) is 27.5. The lowest BCUT2D eigenvalue weighted by atomic mass is 10.0. The second kappa shape index (κ2) is 13.7. The third kappa shape index (κ3) is 9.04. The molecular formula is C24H32N6O7. The zero-order valence-corrected chi connectivity index (χ0v) is 20.7. The van der Waals surface area contributed by atoms with Crippen molar-refractivity contribution >= 4 is 41.3 Å². The summed E-state index contributed by atoms with van der Waals surface area (Å²) in [7, 11) is 0. The molecule has 13 nitrogen and oxygen atoms in total. The van der Waals surface area contributed by atoms with Crippen LogP contribution in [0.15, 0.2) is 36.4 Å². The summed E-state index contributed by atoms with van der Waals surface area (Å²) in [6, 6.07) is 3.67. The molecule has 1 aromatic rings. The quantitative estimate of drug-likeness (QED) is 0.144. The van der Waals surface area contributed by atoms with Crippen molar-refractivity contribution in [3.8, 4) is 0 Å². The van der Waals surface area contributed by atoms with E-state index >= 15 is 0 Å². The highest BCUT2D eigenvalue weighted by Gasteiger charge is 2.31. The number of nitrogens with one attached hydrogen (secondary N) is 4. The predicted octanol–water partition coefficient (Wildman–Crippen LogP) is -0.883. The number of aliphatic hydroxyl groups excluding tert-OH is 1. The molecule has 1 aliphatic rings. The smallest absolute Gasteiger partial charge is 0.312 e. The van der Waals surface area contributed by atoms with Crippen LogP contribution in [0.1, 0.15) is 32.3 Å². The number of hydrogen-bond donors (Lipinski definition) is 6. The number of nitrogens with two attached hydrogens (primary N) is 1. The van der Waals surface area contributed by atoms with Crippen LogP contribution in [0.5, 0.6) is 0 Å². The van der Waals surface area contributed by atoms with Gasteiger partial charge < -0.3 is 32.1 Å². The van der Waals surface area contributed by atoms with Gasteiger partial charge in [0, 0.05) is 24.4 Å². The van der Waals surface area contributed by atoms with Crippen molar-refractivity contribution in [3.63, 3.8) is 0 Å². The van der Waals surface area contributed by atoms with E-state index in [0.717, 1.165) is 17.1 Å². The summed E-state index contributed by atoms with van der Waals surface area (Å²) in [6.07, 6.45) is 2.56. The lowest BCUT2D eigenvalue weighted by Gasteiger charge is -2.26. The fraction of sp³-hybridized carbons (Fsp3) is 0.417. The Bertz CT molecular complexity index is 1040. The number of rotatable bonds is 13. The van der Waals surface area contributed by atoms with Crippen LogP contribution >= 0.6 is 0 Å². The molecule has 37 heavy (non-hydrogen) atoms. The number of urea groups is 1. The normalized spacial score (nSPS) is 14.3. The molecule has 0 radical (unpaired) electrons. The summed E-state index contributed by atoms with van der Waals surface area (Å²) >= 11 is 0. The molecule has 0 spiro atoms. The van der Waals surface area contributed by atoms with E-state index in [2.05, 4.69) is 21.3 Å². The summed E-state index contributed by atoms with van der Waals surface area (Å²) in [6.45, 7) is 2.85. The molecular weight excluding hydrogens is 484 g/mol. The van der Waals surface area contributed by atoms with Gasteiger partial charge >= 0.3 is 6.03 Å². The van der Waals surface area contributed by atoms with Crippen LogP contribution in [0.3, 0.4) is 0 Å². The Labute approximate surface area is 213 Å². The summed E-state index contributed by atoms with van der Waals surface area (Å²) in [5.74, 6) is -3.53. The van der Waals surface area contributed by atoms with E-state index in [9.17, 15) is 33.9 Å². The molecule has 7 amide bonds. The number of carbonyl (C=O) groups is 6. The average Bonchev–Trinajstić information content (AvgIpc) is 3.16. The number of carbonyl (C=O) groups excluding carboxylic acids is 6. The maximum atomic E-state index is 13.1. The van der Waals surface area contributed by atoms with Crippen LogP contribution in [-0.2, 0) is 30.6 Å². The van der Waals surface area contributed by atoms with Crippen molar-refractivity contribution in [2.24, 2.45) is 11.7 Å². The maximum Gasteiger partial charge on any atom is 0.312 e. The van der Waals surface area contributed by atoms with Crippen molar-refractivity contribution in [2.75, 3.05) is 18.4 Å². The standard InChI is InChI=1S/C24H32N6O7/c1-14(2)21(29-18(32)12-30-19(33)9-10-20(30)34)23(36)28-17(4-3-11-26-24(25)37)22(35)27-16-7-5-15(13-31)6-8-16/h5-10,14,17,21,31H,3-4,11-13H2,1-2H3,(H,27,35)(H,28,36)(H,29,32)(H3,25,26,37)/t17-,21-/m0/s1. The summed E-state index contributed by atoms with van der Waals surface area (Å²) in [5, 5.41) is 19.4. The van der Waals surface area contributed by atoms with E-state index in [4.69, 9.17) is 5.73 Å². The number of anilines is 1. The number of nitrogens with zero attached hydrogens (tertiary/aromatic N) is 1. The first-order valence-electron chi connectivity index (χ1n) is 11.7. The van der Waals surface area contributed by atoms with Crippen LogP contribution in [0.4, 0.5) is 10.5 Å². The van der Waals surface area contributed by atoms with Crippen molar-refractivity contribution in [3.05, 3.63) is 42.0 Å². The Morgan fingerprint density at radius 2 is 1.59 bits per heavy atom. The Hall–Kier alpha value is -4.26. The fourth-order valence-corrected chi connectivity index (χ4v) is 3.46. The SMILES string of the molecule is CC(C)[C@H](NC(=O)CN1C(=O)C=CC1=O)C(=O)N[C@@H](CCCNC(N)=O)C(=O)Nc1ccc(CO)cc1. The molecule has 1 aliphatic heterocycles. The molecule has 13 heteroatoms. The predicted molar refractivity (Wildman–Crippen MR) is 132 cm³/mol. The summed E-state index contributed by atoms with van der Waals surface area (Å²) in [4.78, 5) is 73.7. The molecule has 1 aromatic carbocycles. The highest BCUT2D eigenvalue weighted by atomic mass is 16.3. The van der Waals surface area contributed by atoms with E-state index in [0.29, 0.717) is 17.7 Å².